The Labute approximate surface area is 133 Å². The van der Waals surface area contributed by atoms with E-state index in [-0.39, 0.29) is 5.91 Å². The van der Waals surface area contributed by atoms with Crippen LogP contribution in [-0.2, 0) is 4.79 Å². The summed E-state index contributed by atoms with van der Waals surface area (Å²) in [5, 5.41) is 6.44. The zero-order valence-corrected chi connectivity index (χ0v) is 14.4. The van der Waals surface area contributed by atoms with Crippen LogP contribution in [-0.4, -0.2) is 24.2 Å². The molecule has 0 heterocycles. The van der Waals surface area contributed by atoms with Crippen LogP contribution in [0.5, 0.6) is 0 Å². The monoisotopic (exact) mass is 308 g/mol. The third kappa shape index (κ3) is 7.00. The Kier molecular flexibility index (Phi) is 8.47. The third-order valence-corrected chi connectivity index (χ3v) is 4.72. The van der Waals surface area contributed by atoms with E-state index in [1.54, 1.807) is 0 Å². The Balaban J connectivity index is 2.52. The minimum atomic E-state index is -0.0315. The minimum absolute atomic E-state index is 0.0315. The molecule has 0 radical (unpaired) electrons. The molecule has 1 amide bonds. The summed E-state index contributed by atoms with van der Waals surface area (Å²) in [6, 6.07) is 8.62. The molecule has 1 aromatic carbocycles. The molecule has 21 heavy (non-hydrogen) atoms. The molecule has 0 saturated carbocycles. The van der Waals surface area contributed by atoms with Gasteiger partial charge >= 0.3 is 0 Å². The number of carbonyl (C=O) groups excluding carboxylic acids is 1. The van der Waals surface area contributed by atoms with E-state index in [1.165, 1.54) is 24.7 Å². The molecule has 2 N–H and O–H groups in total. The standard InChI is InChI=1S/C17H28N2OS/c1-5-11-18-17(13(3)6-2)12-21-16-9-7-15(8-10-16)19-14(4)20/h7-10,13,17-18H,5-6,11-12H2,1-4H3,(H,19,20). The SMILES string of the molecule is CCCNC(CSc1ccc(NC(C)=O)cc1)C(C)CC. The molecule has 1 aromatic rings. The van der Waals surface area contributed by atoms with E-state index in [0.717, 1.165) is 18.0 Å². The van der Waals surface area contributed by atoms with Crippen molar-refractivity contribution in [3.8, 4) is 0 Å². The molecule has 0 spiro atoms. The van der Waals surface area contributed by atoms with Crippen LogP contribution >= 0.6 is 11.8 Å². The van der Waals surface area contributed by atoms with E-state index in [0.29, 0.717) is 12.0 Å². The first-order chi connectivity index (χ1) is 10.1. The summed E-state index contributed by atoms with van der Waals surface area (Å²) < 4.78 is 0. The largest absolute Gasteiger partial charge is 0.326 e. The molecular weight excluding hydrogens is 280 g/mol. The summed E-state index contributed by atoms with van der Waals surface area (Å²) in [6.07, 6.45) is 2.37. The second-order valence-corrected chi connectivity index (χ2v) is 6.56. The molecule has 1 rings (SSSR count). The van der Waals surface area contributed by atoms with Crippen LogP contribution in [0.25, 0.3) is 0 Å². The maximum Gasteiger partial charge on any atom is 0.221 e. The summed E-state index contributed by atoms with van der Waals surface area (Å²) in [5.74, 6) is 1.73. The van der Waals surface area contributed by atoms with Gasteiger partial charge in [0.1, 0.15) is 0 Å². The topological polar surface area (TPSA) is 41.1 Å². The molecule has 4 heteroatoms. The Morgan fingerprint density at radius 3 is 2.43 bits per heavy atom. The highest BCUT2D eigenvalue weighted by molar-refractivity contribution is 7.99. The molecule has 118 valence electrons. The van der Waals surface area contributed by atoms with Crippen LogP contribution in [0.15, 0.2) is 29.2 Å². The van der Waals surface area contributed by atoms with Gasteiger partial charge in [-0.1, -0.05) is 27.2 Å². The first kappa shape index (κ1) is 18.1. The molecule has 0 fully saturated rings. The zero-order valence-electron chi connectivity index (χ0n) is 13.6. The lowest BCUT2D eigenvalue weighted by Gasteiger charge is -2.24. The summed E-state index contributed by atoms with van der Waals surface area (Å²) in [5.41, 5.74) is 0.856. The van der Waals surface area contributed by atoms with Gasteiger partial charge in [-0.05, 0) is 43.1 Å². The average Bonchev–Trinajstić information content (AvgIpc) is 2.47. The normalized spacial score (nSPS) is 13.7. The second kappa shape index (κ2) is 9.85. The van der Waals surface area contributed by atoms with Gasteiger partial charge in [-0.15, -0.1) is 11.8 Å². The number of amides is 1. The van der Waals surface area contributed by atoms with Crippen LogP contribution in [0.3, 0.4) is 0 Å². The fraction of sp³-hybridized carbons (Fsp3) is 0.588. The fourth-order valence-electron chi connectivity index (χ4n) is 2.06. The highest BCUT2D eigenvalue weighted by Gasteiger charge is 2.15. The summed E-state index contributed by atoms with van der Waals surface area (Å²) in [4.78, 5) is 12.2. The lowest BCUT2D eigenvalue weighted by molar-refractivity contribution is -0.114. The van der Waals surface area contributed by atoms with Crippen molar-refractivity contribution in [2.75, 3.05) is 17.6 Å². The van der Waals surface area contributed by atoms with Crippen LogP contribution in [0.4, 0.5) is 5.69 Å². The van der Waals surface area contributed by atoms with Gasteiger partial charge in [-0.25, -0.2) is 0 Å². The number of thioether (sulfide) groups is 1. The molecule has 0 aliphatic carbocycles. The van der Waals surface area contributed by atoms with E-state index in [2.05, 4.69) is 43.5 Å². The second-order valence-electron chi connectivity index (χ2n) is 5.46. The van der Waals surface area contributed by atoms with Gasteiger partial charge in [0.2, 0.25) is 5.91 Å². The maximum absolute atomic E-state index is 11.0. The smallest absolute Gasteiger partial charge is 0.221 e. The van der Waals surface area contributed by atoms with Crippen molar-refractivity contribution < 1.29 is 4.79 Å². The van der Waals surface area contributed by atoms with Crippen molar-refractivity contribution in [1.29, 1.82) is 0 Å². The van der Waals surface area contributed by atoms with E-state index in [9.17, 15) is 4.79 Å². The molecule has 2 atom stereocenters. The molecule has 0 aromatic heterocycles. The van der Waals surface area contributed by atoms with Crippen molar-refractivity contribution in [2.24, 2.45) is 5.92 Å². The van der Waals surface area contributed by atoms with E-state index >= 15 is 0 Å². The Bertz CT molecular complexity index is 419. The van der Waals surface area contributed by atoms with Crippen molar-refractivity contribution >= 4 is 23.4 Å². The average molecular weight is 308 g/mol. The lowest BCUT2D eigenvalue weighted by Crippen LogP contribution is -2.37. The highest BCUT2D eigenvalue weighted by atomic mass is 32.2. The number of hydrogen-bond donors (Lipinski definition) is 2. The number of carbonyl (C=O) groups is 1. The van der Waals surface area contributed by atoms with Crippen LogP contribution in [0.2, 0.25) is 0 Å². The molecule has 0 aliphatic rings. The fourth-order valence-corrected chi connectivity index (χ4v) is 3.21. The van der Waals surface area contributed by atoms with Crippen molar-refractivity contribution in [2.45, 2.75) is 51.5 Å². The molecular formula is C17H28N2OS. The molecule has 0 bridgehead atoms. The van der Waals surface area contributed by atoms with Crippen molar-refractivity contribution in [1.82, 2.24) is 5.32 Å². The minimum Gasteiger partial charge on any atom is -0.326 e. The van der Waals surface area contributed by atoms with Gasteiger partial charge in [-0.3, -0.25) is 4.79 Å². The van der Waals surface area contributed by atoms with Crippen LogP contribution < -0.4 is 10.6 Å². The number of anilines is 1. The summed E-state index contributed by atoms with van der Waals surface area (Å²) >= 11 is 1.88. The Morgan fingerprint density at radius 2 is 1.90 bits per heavy atom. The lowest BCUT2D eigenvalue weighted by atomic mass is 10.0. The zero-order chi connectivity index (χ0) is 15.7. The van der Waals surface area contributed by atoms with Gasteiger partial charge in [0, 0.05) is 29.3 Å². The molecule has 0 saturated heterocycles. The summed E-state index contributed by atoms with van der Waals surface area (Å²) in [7, 11) is 0. The van der Waals surface area contributed by atoms with Gasteiger partial charge in [0.25, 0.3) is 0 Å². The van der Waals surface area contributed by atoms with E-state index in [4.69, 9.17) is 0 Å². The van der Waals surface area contributed by atoms with Gasteiger partial charge in [0.15, 0.2) is 0 Å². The van der Waals surface area contributed by atoms with Gasteiger partial charge in [0.05, 0.1) is 0 Å². The Hall–Kier alpha value is -1.00. The predicted octanol–water partition coefficient (Wildman–Crippen LogP) is 4.15. The van der Waals surface area contributed by atoms with E-state index < -0.39 is 0 Å². The van der Waals surface area contributed by atoms with Gasteiger partial charge < -0.3 is 10.6 Å². The maximum atomic E-state index is 11.0. The number of benzene rings is 1. The van der Waals surface area contributed by atoms with Crippen molar-refractivity contribution in [3.05, 3.63) is 24.3 Å². The first-order valence-corrected chi connectivity index (χ1v) is 8.79. The quantitative estimate of drug-likeness (QED) is 0.673. The molecule has 2 unspecified atom stereocenters. The number of hydrogen-bond acceptors (Lipinski definition) is 3. The van der Waals surface area contributed by atoms with Crippen LogP contribution in [0, 0.1) is 5.92 Å². The summed E-state index contributed by atoms with van der Waals surface area (Å²) in [6.45, 7) is 9.37. The third-order valence-electron chi connectivity index (χ3n) is 3.59. The van der Waals surface area contributed by atoms with E-state index in [1.807, 2.05) is 23.9 Å². The Morgan fingerprint density at radius 1 is 1.24 bits per heavy atom. The predicted molar refractivity (Wildman–Crippen MR) is 93.0 cm³/mol. The highest BCUT2D eigenvalue weighted by Crippen LogP contribution is 2.23. The van der Waals surface area contributed by atoms with Crippen LogP contribution in [0.1, 0.15) is 40.5 Å². The van der Waals surface area contributed by atoms with Gasteiger partial charge in [-0.2, -0.15) is 0 Å². The number of rotatable bonds is 9. The number of nitrogens with one attached hydrogen (secondary N) is 2. The molecule has 0 aliphatic heterocycles. The van der Waals surface area contributed by atoms with Crippen molar-refractivity contribution in [3.63, 3.8) is 0 Å². The first-order valence-electron chi connectivity index (χ1n) is 7.80. The molecule has 3 nitrogen and oxygen atoms in total.